The van der Waals surface area contributed by atoms with Crippen molar-refractivity contribution in [3.63, 3.8) is 0 Å². The maximum atomic E-state index is 13.3. The number of hydrogen-bond acceptors (Lipinski definition) is 8. The van der Waals surface area contributed by atoms with Gasteiger partial charge in [0.05, 0.1) is 37.6 Å². The molecule has 1 aliphatic carbocycles. The number of fused-ring (bicyclic) bond motifs is 3. The number of aliphatic hydroxyl groups is 1. The van der Waals surface area contributed by atoms with Crippen molar-refractivity contribution in [2.45, 2.75) is 18.9 Å². The van der Waals surface area contributed by atoms with E-state index in [2.05, 4.69) is 5.32 Å². The molecule has 160 valence electrons. The Bertz CT molecular complexity index is 1170. The predicted molar refractivity (Wildman–Crippen MR) is 107 cm³/mol. The predicted octanol–water partition coefficient (Wildman–Crippen LogP) is 1.27. The highest BCUT2D eigenvalue weighted by atomic mass is 16.6. The van der Waals surface area contributed by atoms with Gasteiger partial charge in [-0.25, -0.2) is 4.79 Å². The molecule has 0 spiro atoms. The number of ketones is 2. The summed E-state index contributed by atoms with van der Waals surface area (Å²) in [4.78, 5) is 51.6. The first-order chi connectivity index (χ1) is 14.8. The Morgan fingerprint density at radius 1 is 1.03 bits per heavy atom. The highest BCUT2D eigenvalue weighted by Gasteiger charge is 2.52. The molecule has 1 heterocycles. The summed E-state index contributed by atoms with van der Waals surface area (Å²) in [5.41, 5.74) is -2.04. The van der Waals surface area contributed by atoms with Crippen LogP contribution in [0.2, 0.25) is 0 Å². The van der Waals surface area contributed by atoms with Crippen LogP contribution in [0.1, 0.15) is 44.3 Å². The maximum Gasteiger partial charge on any atom is 0.348 e. The molecule has 1 unspecified atom stereocenters. The van der Waals surface area contributed by atoms with Crippen LogP contribution in [0.15, 0.2) is 24.3 Å². The van der Waals surface area contributed by atoms with E-state index in [1.807, 2.05) is 0 Å². The van der Waals surface area contributed by atoms with E-state index < -0.39 is 35.5 Å². The smallest absolute Gasteiger partial charge is 0.348 e. The third-order valence-corrected chi connectivity index (χ3v) is 5.45. The lowest BCUT2D eigenvalue weighted by Crippen LogP contribution is -2.55. The number of amides is 1. The highest BCUT2D eigenvalue weighted by molar-refractivity contribution is 6.31. The first kappa shape index (κ1) is 20.5. The zero-order valence-electron chi connectivity index (χ0n) is 17.0. The Balaban J connectivity index is 2.02. The van der Waals surface area contributed by atoms with E-state index in [-0.39, 0.29) is 51.6 Å². The second-order valence-corrected chi connectivity index (χ2v) is 7.09. The van der Waals surface area contributed by atoms with Crippen LogP contribution in [0.3, 0.4) is 0 Å². The molecule has 4 rings (SSSR count). The van der Waals surface area contributed by atoms with Gasteiger partial charge in [-0.3, -0.25) is 14.4 Å². The number of hydrogen-bond donors (Lipinski definition) is 2. The lowest BCUT2D eigenvalue weighted by molar-refractivity contribution is -0.169. The molecule has 2 aromatic carbocycles. The molecule has 9 nitrogen and oxygen atoms in total. The number of rotatable bonds is 4. The molecular weight excluding hydrogens is 406 g/mol. The van der Waals surface area contributed by atoms with Crippen LogP contribution < -0.4 is 14.8 Å². The van der Waals surface area contributed by atoms with Crippen LogP contribution in [-0.2, 0) is 20.7 Å². The van der Waals surface area contributed by atoms with Crippen molar-refractivity contribution in [1.29, 1.82) is 0 Å². The summed E-state index contributed by atoms with van der Waals surface area (Å²) in [7, 11) is 2.58. The summed E-state index contributed by atoms with van der Waals surface area (Å²) in [6, 6.07) is 6.33. The van der Waals surface area contributed by atoms with Gasteiger partial charge in [0.1, 0.15) is 5.75 Å². The standard InChI is InChI=1S/C22H19NO8/c1-4-31-21(27)22(28)9-12-15(23-20(22)26)19(30-3)14-13(18(12)29-2)16(24)10-7-5-6-8-11(10)17(14)25/h5-8,28H,4,9H2,1-3H3,(H,23,26). The van der Waals surface area contributed by atoms with E-state index in [0.717, 1.165) is 0 Å². The zero-order valence-corrected chi connectivity index (χ0v) is 17.0. The minimum Gasteiger partial charge on any atom is -0.496 e. The van der Waals surface area contributed by atoms with Gasteiger partial charge in [-0.05, 0) is 6.92 Å². The van der Waals surface area contributed by atoms with Gasteiger partial charge in [-0.15, -0.1) is 0 Å². The molecule has 9 heteroatoms. The number of ether oxygens (including phenoxy) is 3. The molecule has 1 atom stereocenters. The van der Waals surface area contributed by atoms with Crippen molar-refractivity contribution < 1.29 is 38.5 Å². The summed E-state index contributed by atoms with van der Waals surface area (Å²) in [6.45, 7) is 1.49. The number of benzene rings is 2. The Hall–Kier alpha value is -3.72. The largest absolute Gasteiger partial charge is 0.496 e. The number of carbonyl (C=O) groups excluding carboxylic acids is 4. The van der Waals surface area contributed by atoms with Gasteiger partial charge >= 0.3 is 5.97 Å². The molecule has 0 fully saturated rings. The number of esters is 1. The summed E-state index contributed by atoms with van der Waals surface area (Å²) in [5, 5.41) is 13.2. The highest BCUT2D eigenvalue weighted by Crippen LogP contribution is 2.49. The van der Waals surface area contributed by atoms with Crippen molar-refractivity contribution in [3.05, 3.63) is 52.1 Å². The van der Waals surface area contributed by atoms with Crippen LogP contribution in [0, 0.1) is 0 Å². The van der Waals surface area contributed by atoms with Crippen molar-refractivity contribution in [2.24, 2.45) is 0 Å². The molecule has 2 aromatic rings. The van der Waals surface area contributed by atoms with E-state index in [1.165, 1.54) is 33.3 Å². The fourth-order valence-electron chi connectivity index (χ4n) is 4.03. The molecule has 2 N–H and O–H groups in total. The number of carbonyl (C=O) groups is 4. The minimum absolute atomic E-state index is 0.0265. The molecule has 31 heavy (non-hydrogen) atoms. The van der Waals surface area contributed by atoms with Gasteiger partial charge in [-0.2, -0.15) is 0 Å². The van der Waals surface area contributed by atoms with E-state index in [1.54, 1.807) is 12.1 Å². The van der Waals surface area contributed by atoms with E-state index in [4.69, 9.17) is 14.2 Å². The van der Waals surface area contributed by atoms with Crippen molar-refractivity contribution in [3.8, 4) is 11.5 Å². The number of methoxy groups -OCH3 is 2. The minimum atomic E-state index is -2.53. The van der Waals surface area contributed by atoms with Gasteiger partial charge in [0.15, 0.2) is 17.3 Å². The quantitative estimate of drug-likeness (QED) is 0.472. The van der Waals surface area contributed by atoms with Gasteiger partial charge in [-0.1, -0.05) is 24.3 Å². The normalized spacial score (nSPS) is 19.0. The van der Waals surface area contributed by atoms with Crippen molar-refractivity contribution >= 4 is 29.1 Å². The maximum absolute atomic E-state index is 13.3. The molecular formula is C22H19NO8. The van der Waals surface area contributed by atoms with Crippen molar-refractivity contribution in [1.82, 2.24) is 0 Å². The first-order valence-electron chi connectivity index (χ1n) is 9.50. The fourth-order valence-corrected chi connectivity index (χ4v) is 4.03. The second kappa shape index (κ2) is 7.21. The molecule has 0 bridgehead atoms. The first-order valence-corrected chi connectivity index (χ1v) is 9.50. The average Bonchev–Trinajstić information content (AvgIpc) is 2.77. The van der Waals surface area contributed by atoms with Crippen LogP contribution in [-0.4, -0.2) is 55.0 Å². The molecule has 2 aliphatic rings. The Kier molecular flexibility index (Phi) is 4.78. The third kappa shape index (κ3) is 2.73. The average molecular weight is 425 g/mol. The monoisotopic (exact) mass is 425 g/mol. The summed E-state index contributed by atoms with van der Waals surface area (Å²) in [5.74, 6) is -3.18. The molecule has 0 saturated carbocycles. The van der Waals surface area contributed by atoms with Gasteiger partial charge in [0.25, 0.3) is 5.91 Å². The van der Waals surface area contributed by atoms with E-state index >= 15 is 0 Å². The van der Waals surface area contributed by atoms with Gasteiger partial charge in [0.2, 0.25) is 5.60 Å². The fraction of sp³-hybridized carbons (Fsp3) is 0.273. The number of nitrogens with one attached hydrogen (secondary N) is 1. The Morgan fingerprint density at radius 3 is 2.10 bits per heavy atom. The molecule has 1 aliphatic heterocycles. The van der Waals surface area contributed by atoms with Gasteiger partial charge in [0, 0.05) is 23.1 Å². The van der Waals surface area contributed by atoms with Crippen LogP contribution in [0.25, 0.3) is 0 Å². The van der Waals surface area contributed by atoms with E-state index in [9.17, 15) is 24.3 Å². The lowest BCUT2D eigenvalue weighted by Gasteiger charge is -2.34. The molecule has 0 saturated heterocycles. The molecule has 0 aromatic heterocycles. The van der Waals surface area contributed by atoms with Gasteiger partial charge < -0.3 is 24.6 Å². The number of anilines is 1. The molecule has 0 radical (unpaired) electrons. The Labute approximate surface area is 176 Å². The molecule has 1 amide bonds. The van der Waals surface area contributed by atoms with Crippen LogP contribution in [0.4, 0.5) is 5.69 Å². The topological polar surface area (TPSA) is 128 Å². The van der Waals surface area contributed by atoms with E-state index in [0.29, 0.717) is 0 Å². The van der Waals surface area contributed by atoms with Crippen molar-refractivity contribution in [2.75, 3.05) is 26.1 Å². The SMILES string of the molecule is CCOC(=O)C1(O)Cc2c(c(OC)c3c(c2OC)C(=O)c2ccccc2C3=O)NC1=O. The summed E-state index contributed by atoms with van der Waals surface area (Å²) in [6.07, 6.45) is -0.525. The zero-order chi connectivity index (χ0) is 22.5. The third-order valence-electron chi connectivity index (χ3n) is 5.45. The lowest BCUT2D eigenvalue weighted by atomic mass is 9.78. The summed E-state index contributed by atoms with van der Waals surface area (Å²) < 4.78 is 15.8. The Morgan fingerprint density at radius 2 is 1.58 bits per heavy atom. The second-order valence-electron chi connectivity index (χ2n) is 7.09. The summed E-state index contributed by atoms with van der Waals surface area (Å²) >= 11 is 0. The van der Waals surface area contributed by atoms with Crippen LogP contribution in [0.5, 0.6) is 11.5 Å². The van der Waals surface area contributed by atoms with Crippen LogP contribution >= 0.6 is 0 Å².